The highest BCUT2D eigenvalue weighted by molar-refractivity contribution is 5.62. The van der Waals surface area contributed by atoms with Crippen LogP contribution in [0.3, 0.4) is 0 Å². The Kier molecular flexibility index (Phi) is 7.15. The average molecular weight is 468 g/mol. The fourth-order valence-corrected chi connectivity index (χ4v) is 4.57. The van der Waals surface area contributed by atoms with Gasteiger partial charge in [0.25, 0.3) is 0 Å². The third-order valence-electron chi connectivity index (χ3n) is 6.78. The Hall–Kier alpha value is -3.02. The minimum Gasteiger partial charge on any atom is -0.371 e. The molecule has 34 heavy (non-hydrogen) atoms. The molecule has 6 heteroatoms. The van der Waals surface area contributed by atoms with Gasteiger partial charge in [0.15, 0.2) is 0 Å². The van der Waals surface area contributed by atoms with Gasteiger partial charge in [0.05, 0.1) is 11.9 Å². The van der Waals surface area contributed by atoms with Crippen LogP contribution in [-0.2, 0) is 0 Å². The van der Waals surface area contributed by atoms with E-state index in [9.17, 15) is 13.2 Å². The first-order valence-corrected chi connectivity index (χ1v) is 11.9. The summed E-state index contributed by atoms with van der Waals surface area (Å²) in [6, 6.07) is 10.8. The third-order valence-corrected chi connectivity index (χ3v) is 6.78. The van der Waals surface area contributed by atoms with Crippen LogP contribution in [0, 0.1) is 6.92 Å². The minimum atomic E-state index is -4.35. The van der Waals surface area contributed by atoms with Gasteiger partial charge in [-0.1, -0.05) is 30.4 Å². The Balaban J connectivity index is 1.65. The van der Waals surface area contributed by atoms with Crippen LogP contribution in [0.1, 0.15) is 49.7 Å². The molecule has 4 rings (SSSR count). The summed E-state index contributed by atoms with van der Waals surface area (Å²) in [5.41, 5.74) is 4.70. The number of anilines is 2. The van der Waals surface area contributed by atoms with E-state index in [-0.39, 0.29) is 6.04 Å². The predicted octanol–water partition coefficient (Wildman–Crippen LogP) is 7.32. The smallest absolute Gasteiger partial charge is 0.371 e. The maximum absolute atomic E-state index is 13.1. The van der Waals surface area contributed by atoms with Crippen molar-refractivity contribution in [3.63, 3.8) is 0 Å². The Morgan fingerprint density at radius 1 is 1.06 bits per heavy atom. The molecule has 0 radical (unpaired) electrons. The Bertz CT molecular complexity index is 1060. The van der Waals surface area contributed by atoms with Crippen LogP contribution in [0.5, 0.6) is 0 Å². The molecule has 0 spiro atoms. The molecule has 1 saturated heterocycles. The van der Waals surface area contributed by atoms with Gasteiger partial charge in [-0.3, -0.25) is 4.98 Å². The standard InChI is InChI=1S/C28H32F3N3/c1-4-23(12-7-21(3)28(29,30)31)34(27-19-32-16-13-26(27)22-8-9-22)25-14-17-33(18-15-25)24-10-5-20(2)6-11-24/h4-7,10-13,16,19,22,25H,1,8-9,14-15,17-18H2,2-3H3/b21-7+,23-12+. The molecular formula is C28H32F3N3. The van der Waals surface area contributed by atoms with Gasteiger partial charge < -0.3 is 9.80 Å². The zero-order valence-corrected chi connectivity index (χ0v) is 19.9. The summed E-state index contributed by atoms with van der Waals surface area (Å²) in [6.07, 6.45) is 7.73. The number of aryl methyl sites for hydroxylation is 1. The molecule has 1 aliphatic heterocycles. The number of allylic oxidation sites excluding steroid dienone is 4. The van der Waals surface area contributed by atoms with E-state index >= 15 is 0 Å². The number of rotatable bonds is 7. The minimum absolute atomic E-state index is 0.146. The highest BCUT2D eigenvalue weighted by atomic mass is 19.4. The van der Waals surface area contributed by atoms with Crippen LogP contribution < -0.4 is 9.80 Å². The van der Waals surface area contributed by atoms with Crippen molar-refractivity contribution in [2.45, 2.75) is 57.7 Å². The van der Waals surface area contributed by atoms with Gasteiger partial charge in [-0.25, -0.2) is 0 Å². The Morgan fingerprint density at radius 3 is 2.32 bits per heavy atom. The van der Waals surface area contributed by atoms with Crippen LogP contribution in [0.25, 0.3) is 0 Å². The van der Waals surface area contributed by atoms with Crippen LogP contribution >= 0.6 is 0 Å². The predicted molar refractivity (Wildman–Crippen MR) is 133 cm³/mol. The van der Waals surface area contributed by atoms with Crippen molar-refractivity contribution >= 4 is 11.4 Å². The molecule has 2 fully saturated rings. The molecule has 1 aromatic heterocycles. The number of pyridine rings is 1. The molecule has 1 aromatic carbocycles. The molecule has 1 saturated carbocycles. The zero-order valence-electron chi connectivity index (χ0n) is 19.9. The SMILES string of the molecule is C=C/C(=C\C=C(/C)C(F)(F)F)N(c1cnccc1C1CC1)C1CCN(c2ccc(C)cc2)CC1. The van der Waals surface area contributed by atoms with Gasteiger partial charge in [-0.05, 0) is 81.4 Å². The van der Waals surface area contributed by atoms with Gasteiger partial charge >= 0.3 is 6.18 Å². The summed E-state index contributed by atoms with van der Waals surface area (Å²) >= 11 is 0. The molecule has 1 aliphatic carbocycles. The van der Waals surface area contributed by atoms with E-state index in [1.54, 1.807) is 18.3 Å². The monoisotopic (exact) mass is 467 g/mol. The highest BCUT2D eigenvalue weighted by Crippen LogP contribution is 2.45. The van der Waals surface area contributed by atoms with E-state index in [1.807, 2.05) is 6.20 Å². The lowest BCUT2D eigenvalue weighted by Crippen LogP contribution is -2.45. The van der Waals surface area contributed by atoms with Gasteiger partial charge in [-0.15, -0.1) is 0 Å². The van der Waals surface area contributed by atoms with Crippen molar-refractivity contribution in [1.29, 1.82) is 0 Å². The van der Waals surface area contributed by atoms with Crippen molar-refractivity contribution in [2.75, 3.05) is 22.9 Å². The quantitative estimate of drug-likeness (QED) is 0.398. The first kappa shape index (κ1) is 24.1. The highest BCUT2D eigenvalue weighted by Gasteiger charge is 2.33. The number of alkyl halides is 3. The fourth-order valence-electron chi connectivity index (χ4n) is 4.57. The number of halogens is 3. The van der Waals surface area contributed by atoms with E-state index in [2.05, 4.69) is 58.6 Å². The molecule has 0 bridgehead atoms. The van der Waals surface area contributed by atoms with Crippen LogP contribution in [0.15, 0.2) is 78.8 Å². The van der Waals surface area contributed by atoms with E-state index < -0.39 is 11.7 Å². The largest absolute Gasteiger partial charge is 0.412 e. The van der Waals surface area contributed by atoms with Gasteiger partial charge in [0.2, 0.25) is 0 Å². The average Bonchev–Trinajstić information content (AvgIpc) is 3.67. The Labute approximate surface area is 200 Å². The van der Waals surface area contributed by atoms with E-state index in [0.717, 1.165) is 57.5 Å². The van der Waals surface area contributed by atoms with Crippen molar-refractivity contribution in [3.05, 3.63) is 89.9 Å². The van der Waals surface area contributed by atoms with Crippen molar-refractivity contribution in [2.24, 2.45) is 0 Å². The van der Waals surface area contributed by atoms with Crippen molar-refractivity contribution < 1.29 is 13.2 Å². The molecule has 3 nitrogen and oxygen atoms in total. The van der Waals surface area contributed by atoms with E-state index in [4.69, 9.17) is 0 Å². The number of hydrogen-bond donors (Lipinski definition) is 0. The van der Waals surface area contributed by atoms with Gasteiger partial charge in [-0.2, -0.15) is 13.2 Å². The molecule has 180 valence electrons. The molecule has 0 unspecified atom stereocenters. The van der Waals surface area contributed by atoms with Crippen LogP contribution in [0.2, 0.25) is 0 Å². The number of aromatic nitrogens is 1. The fraction of sp³-hybridized carbons (Fsp3) is 0.393. The first-order valence-electron chi connectivity index (χ1n) is 11.9. The number of nitrogens with zero attached hydrogens (tertiary/aromatic N) is 3. The van der Waals surface area contributed by atoms with Crippen molar-refractivity contribution in [3.8, 4) is 0 Å². The summed E-state index contributed by atoms with van der Waals surface area (Å²) in [7, 11) is 0. The molecule has 2 aromatic rings. The molecule has 2 heterocycles. The summed E-state index contributed by atoms with van der Waals surface area (Å²) in [5, 5.41) is 0. The maximum atomic E-state index is 13.1. The Morgan fingerprint density at radius 2 is 1.74 bits per heavy atom. The molecule has 2 aliphatic rings. The zero-order chi connectivity index (χ0) is 24.3. The normalized spacial score (nSPS) is 18.2. The molecule has 0 amide bonds. The van der Waals surface area contributed by atoms with Gasteiger partial charge in [0.1, 0.15) is 0 Å². The molecule has 0 atom stereocenters. The lowest BCUT2D eigenvalue weighted by molar-refractivity contribution is -0.0913. The second kappa shape index (κ2) is 10.1. The molecule has 0 N–H and O–H groups in total. The summed E-state index contributed by atoms with van der Waals surface area (Å²) in [4.78, 5) is 8.94. The van der Waals surface area contributed by atoms with E-state index in [1.165, 1.54) is 16.8 Å². The summed E-state index contributed by atoms with van der Waals surface area (Å²) in [6.45, 7) is 8.89. The van der Waals surface area contributed by atoms with Crippen LogP contribution in [0.4, 0.5) is 24.5 Å². The number of piperidine rings is 1. The summed E-state index contributed by atoms with van der Waals surface area (Å²) < 4.78 is 39.4. The topological polar surface area (TPSA) is 19.4 Å². The lowest BCUT2D eigenvalue weighted by Gasteiger charge is -2.41. The second-order valence-electron chi connectivity index (χ2n) is 9.28. The van der Waals surface area contributed by atoms with Crippen LogP contribution in [-0.4, -0.2) is 30.3 Å². The second-order valence-corrected chi connectivity index (χ2v) is 9.28. The first-order chi connectivity index (χ1) is 16.3. The summed E-state index contributed by atoms with van der Waals surface area (Å²) in [5.74, 6) is 0.492. The molecular weight excluding hydrogens is 435 g/mol. The third kappa shape index (κ3) is 5.54. The van der Waals surface area contributed by atoms with Gasteiger partial charge in [0, 0.05) is 42.3 Å². The van der Waals surface area contributed by atoms with Crippen molar-refractivity contribution in [1.82, 2.24) is 4.98 Å². The number of benzene rings is 1. The van der Waals surface area contributed by atoms with E-state index in [0.29, 0.717) is 11.6 Å². The maximum Gasteiger partial charge on any atom is 0.412 e. The number of hydrogen-bond acceptors (Lipinski definition) is 3. The lowest BCUT2D eigenvalue weighted by atomic mass is 9.98.